The third-order valence-electron chi connectivity index (χ3n) is 13.3. The van der Waals surface area contributed by atoms with Crippen LogP contribution in [0, 0.1) is 0 Å². The Bertz CT molecular complexity index is 1380. The van der Waals surface area contributed by atoms with Crippen LogP contribution in [0.5, 0.6) is 0 Å². The number of unbranched alkanes of at least 4 members (excludes halogenated alkanes) is 18. The highest BCUT2D eigenvalue weighted by Crippen LogP contribution is 2.33. The van der Waals surface area contributed by atoms with E-state index in [4.69, 9.17) is 28.4 Å². The van der Waals surface area contributed by atoms with E-state index in [1.54, 1.807) is 6.08 Å². The van der Waals surface area contributed by atoms with E-state index in [1.165, 1.54) is 83.5 Å². The smallest absolute Gasteiger partial charge is 0.220 e. The predicted molar refractivity (Wildman–Crippen MR) is 254 cm³/mol. The monoisotopic (exact) mass is 994 g/mol. The second-order valence-corrected chi connectivity index (χ2v) is 19.0. The normalized spacial score (nSPS) is 33.0. The summed E-state index contributed by atoms with van der Waals surface area (Å²) in [7, 11) is 0. The summed E-state index contributed by atoms with van der Waals surface area (Å²) < 4.78 is 34.1. The molecule has 0 spiro atoms. The van der Waals surface area contributed by atoms with E-state index < -0.39 is 124 Å². The number of carbonyl (C=O) groups is 1. The largest absolute Gasteiger partial charge is 0.394 e. The van der Waals surface area contributed by atoms with Crippen molar-refractivity contribution >= 4 is 5.91 Å². The summed E-state index contributed by atoms with van der Waals surface area (Å²) in [6.45, 7) is 1.64. The molecule has 3 fully saturated rings. The fraction of sp³-hybridized carbons (Fsp3) is 0.900. The molecule has 3 rings (SSSR count). The Hall–Kier alpha value is -1.73. The van der Waals surface area contributed by atoms with Crippen LogP contribution in [0.3, 0.4) is 0 Å². The zero-order chi connectivity index (χ0) is 50.6. The Morgan fingerprint density at radius 2 is 0.928 bits per heavy atom. The molecule has 3 aliphatic heterocycles. The van der Waals surface area contributed by atoms with Crippen molar-refractivity contribution in [2.45, 2.75) is 259 Å². The average molecular weight is 994 g/mol. The molecule has 69 heavy (non-hydrogen) atoms. The molecule has 17 atom stereocenters. The van der Waals surface area contributed by atoms with Crippen molar-refractivity contribution in [3.63, 3.8) is 0 Å². The summed E-state index contributed by atoms with van der Waals surface area (Å²) in [6, 6.07) is -0.982. The molecule has 404 valence electrons. The van der Waals surface area contributed by atoms with Crippen LogP contribution in [0.25, 0.3) is 0 Å². The maximum absolute atomic E-state index is 13.2. The van der Waals surface area contributed by atoms with Gasteiger partial charge in [-0.15, -0.1) is 0 Å². The van der Waals surface area contributed by atoms with Gasteiger partial charge in [-0.05, 0) is 32.1 Å². The number of rotatable bonds is 36. The summed E-state index contributed by atoms with van der Waals surface area (Å²) >= 11 is 0. The fourth-order valence-electron chi connectivity index (χ4n) is 8.85. The van der Waals surface area contributed by atoms with Crippen LogP contribution in [0.1, 0.15) is 155 Å². The van der Waals surface area contributed by atoms with Crippen LogP contribution < -0.4 is 5.32 Å². The van der Waals surface area contributed by atoms with Gasteiger partial charge in [0.1, 0.15) is 73.2 Å². The van der Waals surface area contributed by atoms with Crippen molar-refractivity contribution in [1.29, 1.82) is 0 Å². The number of hydrogen-bond acceptors (Lipinski definition) is 18. The van der Waals surface area contributed by atoms with Crippen molar-refractivity contribution in [3.8, 4) is 0 Å². The van der Waals surface area contributed by atoms with Gasteiger partial charge in [0.05, 0.1) is 38.6 Å². The number of aliphatic hydroxyl groups excluding tert-OH is 11. The summed E-state index contributed by atoms with van der Waals surface area (Å²) in [5.41, 5.74) is 0. The number of allylic oxidation sites excluding steroid dienone is 3. The Morgan fingerprint density at radius 3 is 1.45 bits per heavy atom. The van der Waals surface area contributed by atoms with Crippen LogP contribution >= 0.6 is 0 Å². The number of amides is 1. The molecule has 0 aromatic carbocycles. The Labute approximate surface area is 409 Å². The average Bonchev–Trinajstić information content (AvgIpc) is 3.34. The fourth-order valence-corrected chi connectivity index (χ4v) is 8.85. The van der Waals surface area contributed by atoms with Crippen molar-refractivity contribution in [3.05, 3.63) is 24.3 Å². The molecule has 3 aliphatic rings. The van der Waals surface area contributed by atoms with Gasteiger partial charge < -0.3 is 89.9 Å². The van der Waals surface area contributed by atoms with Gasteiger partial charge in [0.15, 0.2) is 18.9 Å². The van der Waals surface area contributed by atoms with Gasteiger partial charge in [0, 0.05) is 6.42 Å². The van der Waals surface area contributed by atoms with E-state index >= 15 is 0 Å². The first-order valence-corrected chi connectivity index (χ1v) is 26.1. The summed E-state index contributed by atoms with van der Waals surface area (Å²) in [6.07, 6.45) is 4.74. The molecule has 0 aromatic rings. The Kier molecular flexibility index (Phi) is 31.6. The number of carbonyl (C=O) groups excluding carboxylic acids is 1. The standard InChI is InChI=1S/C50H91NO18/c1-3-5-7-9-11-13-15-17-19-21-23-25-27-34(55)33(51-38(56)28-26-24-22-20-18-16-14-12-10-8-6-4-2)32-64-48-44(62)41(59)46(36(30-53)66-48)69-50-45(63)42(60)47(37(31-54)67-50)68-49-43(61)40(58)39(57)35(29-52)65-49/h17,19,25,27,33-37,39-50,52-55,57-63H,3-16,18,20-24,26,28-32H2,1-2H3,(H,51,56)/b19-17+,27-25+. The zero-order valence-corrected chi connectivity index (χ0v) is 41.3. The van der Waals surface area contributed by atoms with Crippen molar-refractivity contribution in [2.75, 3.05) is 26.4 Å². The van der Waals surface area contributed by atoms with E-state index in [-0.39, 0.29) is 18.9 Å². The van der Waals surface area contributed by atoms with E-state index in [0.717, 1.165) is 38.5 Å². The number of hydrogen-bond donors (Lipinski definition) is 12. The molecule has 19 nitrogen and oxygen atoms in total. The minimum absolute atomic E-state index is 0.238. The van der Waals surface area contributed by atoms with E-state index in [0.29, 0.717) is 12.8 Å². The van der Waals surface area contributed by atoms with Gasteiger partial charge in [-0.1, -0.05) is 141 Å². The maximum Gasteiger partial charge on any atom is 0.220 e. The minimum Gasteiger partial charge on any atom is -0.394 e. The van der Waals surface area contributed by atoms with Crippen molar-refractivity contribution < 1.29 is 89.4 Å². The SMILES string of the molecule is CCCCCCCC/C=C/CC/C=C/C(O)C(COC1OC(CO)C(OC2OC(CO)C(OC3OC(CO)C(O)C(O)C3O)C(O)C2O)C(O)C1O)NC(=O)CCCCCCCCCCCCCC. The van der Waals surface area contributed by atoms with Gasteiger partial charge in [0.25, 0.3) is 0 Å². The van der Waals surface area contributed by atoms with E-state index in [1.807, 2.05) is 6.08 Å². The Morgan fingerprint density at radius 1 is 0.507 bits per heavy atom. The van der Waals surface area contributed by atoms with Crippen molar-refractivity contribution in [2.24, 2.45) is 0 Å². The predicted octanol–water partition coefficient (Wildman–Crippen LogP) is 2.03. The van der Waals surface area contributed by atoms with Gasteiger partial charge in [-0.2, -0.15) is 0 Å². The quantitative estimate of drug-likeness (QED) is 0.0316. The highest BCUT2D eigenvalue weighted by molar-refractivity contribution is 5.76. The van der Waals surface area contributed by atoms with Crippen LogP contribution in [0.2, 0.25) is 0 Å². The lowest BCUT2D eigenvalue weighted by atomic mass is 9.96. The lowest BCUT2D eigenvalue weighted by Crippen LogP contribution is -2.66. The lowest BCUT2D eigenvalue weighted by molar-refractivity contribution is -0.379. The molecule has 3 heterocycles. The van der Waals surface area contributed by atoms with E-state index in [9.17, 15) is 61.0 Å². The number of ether oxygens (including phenoxy) is 6. The number of nitrogens with one attached hydrogen (secondary N) is 1. The molecule has 0 saturated carbocycles. The second-order valence-electron chi connectivity index (χ2n) is 19.0. The molecule has 19 heteroatoms. The third kappa shape index (κ3) is 21.3. The van der Waals surface area contributed by atoms with Crippen LogP contribution in [-0.4, -0.2) is 193 Å². The maximum atomic E-state index is 13.2. The molecular weight excluding hydrogens is 903 g/mol. The van der Waals surface area contributed by atoms with E-state index in [2.05, 4.69) is 31.3 Å². The van der Waals surface area contributed by atoms with Crippen molar-refractivity contribution in [1.82, 2.24) is 5.32 Å². The van der Waals surface area contributed by atoms with Crippen LogP contribution in [0.4, 0.5) is 0 Å². The Balaban J connectivity index is 1.58. The molecule has 12 N–H and O–H groups in total. The highest BCUT2D eigenvalue weighted by Gasteiger charge is 2.53. The van der Waals surface area contributed by atoms with Gasteiger partial charge in [0.2, 0.25) is 5.91 Å². The molecule has 17 unspecified atom stereocenters. The summed E-state index contributed by atoms with van der Waals surface area (Å²) in [5, 5.41) is 119. The molecule has 0 bridgehead atoms. The van der Waals surface area contributed by atoms with Crippen LogP contribution in [0.15, 0.2) is 24.3 Å². The van der Waals surface area contributed by atoms with Gasteiger partial charge in [-0.3, -0.25) is 4.79 Å². The molecule has 0 aromatic heterocycles. The first-order chi connectivity index (χ1) is 33.3. The molecule has 3 saturated heterocycles. The lowest BCUT2D eigenvalue weighted by Gasteiger charge is -2.48. The third-order valence-corrected chi connectivity index (χ3v) is 13.3. The first kappa shape index (κ1) is 61.6. The summed E-state index contributed by atoms with van der Waals surface area (Å²) in [4.78, 5) is 13.2. The topological polar surface area (TPSA) is 307 Å². The molecule has 1 amide bonds. The second kappa shape index (κ2) is 35.4. The highest BCUT2D eigenvalue weighted by atomic mass is 16.8. The van der Waals surface area contributed by atoms with Gasteiger partial charge in [-0.25, -0.2) is 0 Å². The number of aliphatic hydroxyl groups is 11. The summed E-state index contributed by atoms with van der Waals surface area (Å²) in [5.74, 6) is -0.289. The molecule has 0 aliphatic carbocycles. The molecule has 0 radical (unpaired) electrons. The van der Waals surface area contributed by atoms with Crippen LogP contribution in [-0.2, 0) is 33.2 Å². The first-order valence-electron chi connectivity index (χ1n) is 26.1. The minimum atomic E-state index is -1.98. The zero-order valence-electron chi connectivity index (χ0n) is 41.3. The van der Waals surface area contributed by atoms with Gasteiger partial charge >= 0.3 is 0 Å². The molecular formula is C50H91NO18.